The van der Waals surface area contributed by atoms with Crippen LogP contribution in [-0.2, 0) is 16.4 Å². The third kappa shape index (κ3) is 5.26. The molecule has 0 aromatic heterocycles. The highest BCUT2D eigenvalue weighted by atomic mass is 32.2. The molecule has 0 spiro atoms. The summed E-state index contributed by atoms with van der Waals surface area (Å²) in [7, 11) is -3.04. The molecule has 0 bridgehead atoms. The normalized spacial score (nSPS) is 21.1. The topological polar surface area (TPSA) is 69.6 Å². The lowest BCUT2D eigenvalue weighted by molar-refractivity contribution is 0.420. The third-order valence-electron chi connectivity index (χ3n) is 4.27. The Morgan fingerprint density at radius 2 is 2.05 bits per heavy atom. The minimum atomic E-state index is -3.04. The number of aryl methyl sites for hydroxylation is 1. The van der Waals surface area contributed by atoms with Gasteiger partial charge in [0.15, 0.2) is 0 Å². The Hall–Kier alpha value is -1.11. The first-order valence-corrected chi connectivity index (χ1v) is 9.66. The molecule has 0 aliphatic carbocycles. The van der Waals surface area contributed by atoms with Crippen LogP contribution in [0, 0.1) is 5.92 Å². The second-order valence-electron chi connectivity index (χ2n) is 6.29. The molecule has 0 amide bonds. The van der Waals surface area contributed by atoms with Gasteiger partial charge in [-0.05, 0) is 56.3 Å². The van der Waals surface area contributed by atoms with Crippen LogP contribution < -0.4 is 5.32 Å². The number of benzene rings is 1. The Morgan fingerprint density at radius 3 is 2.64 bits per heavy atom. The lowest BCUT2D eigenvalue weighted by Gasteiger charge is -2.18. The molecule has 0 radical (unpaired) electrons. The number of aromatic hydroxyl groups is 1. The van der Waals surface area contributed by atoms with E-state index in [1.165, 1.54) is 11.8 Å². The molecule has 1 aliphatic rings. The van der Waals surface area contributed by atoms with Gasteiger partial charge in [0, 0.05) is 19.1 Å². The summed E-state index contributed by atoms with van der Waals surface area (Å²) in [5.41, 5.74) is 1.22. The summed E-state index contributed by atoms with van der Waals surface area (Å²) >= 11 is 0. The number of rotatable bonds is 7. The fourth-order valence-corrected chi connectivity index (χ4v) is 3.70. The molecule has 1 heterocycles. The van der Waals surface area contributed by atoms with E-state index in [1.54, 1.807) is 16.4 Å². The summed E-state index contributed by atoms with van der Waals surface area (Å²) in [5.74, 6) is 0.706. The average molecular weight is 326 g/mol. The predicted octanol–water partition coefficient (Wildman–Crippen LogP) is 1.58. The Labute approximate surface area is 133 Å². The lowest BCUT2D eigenvalue weighted by atomic mass is 10.0. The Kier molecular flexibility index (Phi) is 5.83. The molecule has 1 aromatic rings. The molecular formula is C16H26N2O3S. The molecule has 2 rings (SSSR count). The molecule has 0 unspecified atom stereocenters. The van der Waals surface area contributed by atoms with Crippen molar-refractivity contribution in [3.05, 3.63) is 29.8 Å². The van der Waals surface area contributed by atoms with Crippen molar-refractivity contribution in [1.82, 2.24) is 9.62 Å². The summed E-state index contributed by atoms with van der Waals surface area (Å²) in [6.45, 7) is 4.30. The summed E-state index contributed by atoms with van der Waals surface area (Å²) in [6, 6.07) is 7.71. The van der Waals surface area contributed by atoms with Crippen molar-refractivity contribution in [2.75, 3.05) is 25.9 Å². The van der Waals surface area contributed by atoms with Crippen LogP contribution in [0.1, 0.15) is 25.3 Å². The molecule has 1 fully saturated rings. The van der Waals surface area contributed by atoms with Gasteiger partial charge in [-0.1, -0.05) is 12.1 Å². The second-order valence-corrected chi connectivity index (χ2v) is 8.27. The largest absolute Gasteiger partial charge is 0.508 e. The van der Waals surface area contributed by atoms with Crippen LogP contribution in [0.2, 0.25) is 0 Å². The smallest absolute Gasteiger partial charge is 0.211 e. The number of phenolic OH excluding ortho intramolecular Hbond substituents is 1. The zero-order valence-electron chi connectivity index (χ0n) is 13.3. The first-order valence-electron chi connectivity index (χ1n) is 7.81. The maximum atomic E-state index is 11.5. The number of nitrogens with zero attached hydrogens (tertiary/aromatic N) is 1. The zero-order valence-corrected chi connectivity index (χ0v) is 14.1. The van der Waals surface area contributed by atoms with E-state index in [0.717, 1.165) is 25.8 Å². The van der Waals surface area contributed by atoms with Gasteiger partial charge in [0.25, 0.3) is 0 Å². The third-order valence-corrected chi connectivity index (χ3v) is 5.54. The molecule has 124 valence electrons. The standard InChI is InChI=1S/C16H26N2O3S/c1-13(3-4-14-5-7-16(19)8-6-14)17-11-15-9-10-18(12-15)22(2,20)21/h5-8,13,15,17,19H,3-4,9-12H2,1-2H3/t13-,15-/m0/s1. The quantitative estimate of drug-likeness (QED) is 0.798. The van der Waals surface area contributed by atoms with E-state index in [0.29, 0.717) is 30.8 Å². The van der Waals surface area contributed by atoms with Gasteiger partial charge in [0.2, 0.25) is 10.0 Å². The van der Waals surface area contributed by atoms with Crippen molar-refractivity contribution >= 4 is 10.0 Å². The molecule has 1 aliphatic heterocycles. The maximum Gasteiger partial charge on any atom is 0.211 e. The van der Waals surface area contributed by atoms with Crippen molar-refractivity contribution in [3.8, 4) is 5.75 Å². The van der Waals surface area contributed by atoms with Gasteiger partial charge in [-0.15, -0.1) is 0 Å². The molecule has 22 heavy (non-hydrogen) atoms. The van der Waals surface area contributed by atoms with Gasteiger partial charge >= 0.3 is 0 Å². The average Bonchev–Trinajstić information content (AvgIpc) is 2.93. The Morgan fingerprint density at radius 1 is 1.36 bits per heavy atom. The second kappa shape index (κ2) is 7.44. The number of sulfonamides is 1. The van der Waals surface area contributed by atoms with E-state index in [1.807, 2.05) is 12.1 Å². The highest BCUT2D eigenvalue weighted by molar-refractivity contribution is 7.88. The van der Waals surface area contributed by atoms with Gasteiger partial charge in [-0.3, -0.25) is 0 Å². The number of nitrogens with one attached hydrogen (secondary N) is 1. The fourth-order valence-electron chi connectivity index (χ4n) is 2.78. The summed E-state index contributed by atoms with van der Waals surface area (Å²) in [4.78, 5) is 0. The molecular weight excluding hydrogens is 300 g/mol. The van der Waals surface area contributed by atoms with Crippen molar-refractivity contribution < 1.29 is 13.5 Å². The van der Waals surface area contributed by atoms with Crippen molar-refractivity contribution in [2.24, 2.45) is 5.92 Å². The van der Waals surface area contributed by atoms with Crippen LogP contribution in [0.5, 0.6) is 5.75 Å². The first-order chi connectivity index (χ1) is 10.3. The van der Waals surface area contributed by atoms with E-state index in [9.17, 15) is 13.5 Å². The molecule has 0 saturated carbocycles. The molecule has 5 nitrogen and oxygen atoms in total. The molecule has 1 saturated heterocycles. The summed E-state index contributed by atoms with van der Waals surface area (Å²) in [6.07, 6.45) is 4.20. The minimum Gasteiger partial charge on any atom is -0.508 e. The summed E-state index contributed by atoms with van der Waals surface area (Å²) < 4.78 is 24.5. The first kappa shape index (κ1) is 17.2. The molecule has 1 aromatic carbocycles. The van der Waals surface area contributed by atoms with Crippen molar-refractivity contribution in [1.29, 1.82) is 0 Å². The highest BCUT2D eigenvalue weighted by Gasteiger charge is 2.28. The van der Waals surface area contributed by atoms with Crippen LogP contribution >= 0.6 is 0 Å². The SMILES string of the molecule is C[C@@H](CCc1ccc(O)cc1)NC[C@@H]1CCN(S(C)(=O)=O)C1. The Bertz CT molecular complexity index is 572. The van der Waals surface area contributed by atoms with Crippen molar-refractivity contribution in [2.45, 2.75) is 32.2 Å². The van der Waals surface area contributed by atoms with Gasteiger partial charge < -0.3 is 10.4 Å². The van der Waals surface area contributed by atoms with Crippen LogP contribution in [0.3, 0.4) is 0 Å². The maximum absolute atomic E-state index is 11.5. The van der Waals surface area contributed by atoms with E-state index < -0.39 is 10.0 Å². The number of hydrogen-bond acceptors (Lipinski definition) is 4. The van der Waals surface area contributed by atoms with Crippen molar-refractivity contribution in [3.63, 3.8) is 0 Å². The van der Waals surface area contributed by atoms with Gasteiger partial charge in [0.05, 0.1) is 6.26 Å². The van der Waals surface area contributed by atoms with E-state index >= 15 is 0 Å². The van der Waals surface area contributed by atoms with Crippen LogP contribution in [0.25, 0.3) is 0 Å². The van der Waals surface area contributed by atoms with Crippen LogP contribution in [0.4, 0.5) is 0 Å². The highest BCUT2D eigenvalue weighted by Crippen LogP contribution is 2.18. The molecule has 6 heteroatoms. The predicted molar refractivity (Wildman–Crippen MR) is 88.4 cm³/mol. The summed E-state index contributed by atoms with van der Waals surface area (Å²) in [5, 5.41) is 12.8. The van der Waals surface area contributed by atoms with Crippen LogP contribution in [0.15, 0.2) is 24.3 Å². The lowest BCUT2D eigenvalue weighted by Crippen LogP contribution is -2.34. The van der Waals surface area contributed by atoms with Gasteiger partial charge in [-0.25, -0.2) is 12.7 Å². The zero-order chi connectivity index (χ0) is 16.2. The van der Waals surface area contributed by atoms with E-state index in [2.05, 4.69) is 12.2 Å². The number of phenols is 1. The molecule has 2 N–H and O–H groups in total. The fraction of sp³-hybridized carbons (Fsp3) is 0.625. The number of hydrogen-bond donors (Lipinski definition) is 2. The Balaban J connectivity index is 1.68. The van der Waals surface area contributed by atoms with E-state index in [4.69, 9.17) is 0 Å². The van der Waals surface area contributed by atoms with Gasteiger partial charge in [0.1, 0.15) is 5.75 Å². The van der Waals surface area contributed by atoms with Gasteiger partial charge in [-0.2, -0.15) is 0 Å². The minimum absolute atomic E-state index is 0.298. The molecule has 2 atom stereocenters. The van der Waals surface area contributed by atoms with E-state index in [-0.39, 0.29) is 0 Å². The monoisotopic (exact) mass is 326 g/mol. The van der Waals surface area contributed by atoms with Crippen LogP contribution in [-0.4, -0.2) is 49.8 Å².